The van der Waals surface area contributed by atoms with Crippen LogP contribution in [-0.4, -0.2) is 10.2 Å². The molecular formula is C13H8F4O2. The van der Waals surface area contributed by atoms with Crippen LogP contribution in [0.15, 0.2) is 24.3 Å². The van der Waals surface area contributed by atoms with Gasteiger partial charge in [0.15, 0.2) is 34.8 Å². The van der Waals surface area contributed by atoms with Crippen molar-refractivity contribution in [2.75, 3.05) is 0 Å². The predicted octanol–water partition coefficient (Wildman–Crippen LogP) is 3.25. The largest absolute Gasteiger partial charge is 0.503 e. The molecule has 0 aliphatic rings. The number of hydrogen-bond donors (Lipinski definition) is 2. The van der Waals surface area contributed by atoms with E-state index in [1.165, 1.54) is 0 Å². The van der Waals surface area contributed by atoms with Gasteiger partial charge in [-0.3, -0.25) is 0 Å². The summed E-state index contributed by atoms with van der Waals surface area (Å²) in [5, 5.41) is 18.2. The maximum absolute atomic E-state index is 13.5. The van der Waals surface area contributed by atoms with E-state index in [9.17, 15) is 17.6 Å². The third-order valence-electron chi connectivity index (χ3n) is 2.67. The highest BCUT2D eigenvalue weighted by Crippen LogP contribution is 2.28. The molecule has 0 aliphatic heterocycles. The Morgan fingerprint density at radius 1 is 0.684 bits per heavy atom. The normalized spacial score (nSPS) is 10.7. The van der Waals surface area contributed by atoms with Crippen molar-refractivity contribution in [2.24, 2.45) is 0 Å². The first-order valence-corrected chi connectivity index (χ1v) is 5.23. The molecule has 0 radical (unpaired) electrons. The summed E-state index contributed by atoms with van der Waals surface area (Å²) in [6.07, 6.45) is -0.362. The fraction of sp³-hybridized carbons (Fsp3) is 0.0769. The average Bonchev–Trinajstić information content (AvgIpc) is 2.39. The molecule has 0 bridgehead atoms. The molecule has 0 amide bonds. The molecule has 0 saturated carbocycles. The van der Waals surface area contributed by atoms with Crippen LogP contribution in [0, 0.1) is 23.3 Å². The van der Waals surface area contributed by atoms with E-state index in [-0.39, 0.29) is 17.5 Å². The molecule has 0 spiro atoms. The second kappa shape index (κ2) is 4.79. The molecule has 2 aromatic carbocycles. The minimum atomic E-state index is -1.22. The molecule has 2 nitrogen and oxygen atoms in total. The van der Waals surface area contributed by atoms with Crippen LogP contribution in [0.3, 0.4) is 0 Å². The van der Waals surface area contributed by atoms with Crippen molar-refractivity contribution in [3.05, 3.63) is 58.7 Å². The molecule has 0 fully saturated rings. The highest BCUT2D eigenvalue weighted by atomic mass is 19.1. The first-order valence-electron chi connectivity index (χ1n) is 5.23. The lowest BCUT2D eigenvalue weighted by atomic mass is 10.0. The van der Waals surface area contributed by atoms with Crippen LogP contribution < -0.4 is 0 Å². The first-order chi connectivity index (χ1) is 8.91. The van der Waals surface area contributed by atoms with Crippen LogP contribution in [-0.2, 0) is 6.42 Å². The van der Waals surface area contributed by atoms with Crippen LogP contribution in [0.1, 0.15) is 11.1 Å². The smallest absolute Gasteiger partial charge is 0.188 e. The lowest BCUT2D eigenvalue weighted by Gasteiger charge is -2.08. The van der Waals surface area contributed by atoms with Gasteiger partial charge in [-0.2, -0.15) is 0 Å². The first kappa shape index (κ1) is 13.2. The number of hydrogen-bond acceptors (Lipinski definition) is 2. The molecule has 0 aromatic heterocycles. The van der Waals surface area contributed by atoms with Gasteiger partial charge >= 0.3 is 0 Å². The third kappa shape index (κ3) is 2.33. The van der Waals surface area contributed by atoms with E-state index in [1.807, 2.05) is 0 Å². The number of aromatic hydroxyl groups is 2. The van der Waals surface area contributed by atoms with Crippen molar-refractivity contribution >= 4 is 0 Å². The molecule has 100 valence electrons. The molecule has 2 rings (SSSR count). The van der Waals surface area contributed by atoms with Crippen LogP contribution in [0.5, 0.6) is 11.5 Å². The van der Waals surface area contributed by atoms with Crippen LogP contribution in [0.25, 0.3) is 0 Å². The molecule has 6 heteroatoms. The fourth-order valence-corrected chi connectivity index (χ4v) is 1.64. The van der Waals surface area contributed by atoms with E-state index in [0.717, 1.165) is 24.3 Å². The average molecular weight is 272 g/mol. The Balaban J connectivity index is 2.43. The third-order valence-corrected chi connectivity index (χ3v) is 2.67. The Morgan fingerprint density at radius 2 is 1.05 bits per heavy atom. The van der Waals surface area contributed by atoms with Gasteiger partial charge in [-0.25, -0.2) is 17.6 Å². The van der Waals surface area contributed by atoms with Gasteiger partial charge in [0.25, 0.3) is 0 Å². The maximum Gasteiger partial charge on any atom is 0.188 e. The summed E-state index contributed by atoms with van der Waals surface area (Å²) < 4.78 is 52.7. The summed E-state index contributed by atoms with van der Waals surface area (Å²) in [5.74, 6) is -7.03. The van der Waals surface area contributed by atoms with Gasteiger partial charge in [-0.15, -0.1) is 0 Å². The summed E-state index contributed by atoms with van der Waals surface area (Å²) in [5.41, 5.74) is -0.354. The molecule has 0 saturated heterocycles. The van der Waals surface area contributed by atoms with Gasteiger partial charge in [0.2, 0.25) is 0 Å². The molecule has 0 heterocycles. The van der Waals surface area contributed by atoms with Crippen molar-refractivity contribution in [1.82, 2.24) is 0 Å². The van der Waals surface area contributed by atoms with Gasteiger partial charge in [0, 0.05) is 6.42 Å². The zero-order chi connectivity index (χ0) is 14.2. The highest BCUT2D eigenvalue weighted by Gasteiger charge is 2.17. The van der Waals surface area contributed by atoms with E-state index in [2.05, 4.69) is 0 Å². The molecule has 2 aromatic rings. The zero-order valence-corrected chi connectivity index (χ0v) is 9.42. The molecule has 0 atom stereocenters. The Bertz CT molecular complexity index is 586. The van der Waals surface area contributed by atoms with Gasteiger partial charge in [-0.1, -0.05) is 12.1 Å². The maximum atomic E-state index is 13.5. The predicted molar refractivity (Wildman–Crippen MR) is 58.9 cm³/mol. The summed E-state index contributed by atoms with van der Waals surface area (Å²) >= 11 is 0. The van der Waals surface area contributed by atoms with Crippen LogP contribution in [0.4, 0.5) is 17.6 Å². The van der Waals surface area contributed by atoms with Gasteiger partial charge < -0.3 is 10.2 Å². The molecule has 0 unspecified atom stereocenters. The fourth-order valence-electron chi connectivity index (χ4n) is 1.64. The van der Waals surface area contributed by atoms with E-state index < -0.39 is 34.8 Å². The van der Waals surface area contributed by atoms with Gasteiger partial charge in [0.05, 0.1) is 0 Å². The standard InChI is InChI=1S/C13H8F4O2/c14-8-3-1-6(10(16)12(8)18)5-7-2-4-9(15)13(19)11(7)17/h1-4,18-19H,5H2. The Labute approximate surface area is 105 Å². The van der Waals surface area contributed by atoms with E-state index in [1.54, 1.807) is 0 Å². The van der Waals surface area contributed by atoms with E-state index >= 15 is 0 Å². The van der Waals surface area contributed by atoms with Crippen LogP contribution >= 0.6 is 0 Å². The Kier molecular flexibility index (Phi) is 3.33. The van der Waals surface area contributed by atoms with Crippen molar-refractivity contribution in [1.29, 1.82) is 0 Å². The zero-order valence-electron chi connectivity index (χ0n) is 9.42. The van der Waals surface area contributed by atoms with E-state index in [0.29, 0.717) is 0 Å². The number of phenolic OH excluding ortho intramolecular Hbond substituents is 2. The number of phenols is 2. The number of benzene rings is 2. The minimum absolute atomic E-state index is 0.177. The monoisotopic (exact) mass is 272 g/mol. The quantitative estimate of drug-likeness (QED) is 0.824. The summed E-state index contributed by atoms with van der Waals surface area (Å²) in [4.78, 5) is 0. The van der Waals surface area contributed by atoms with Crippen molar-refractivity contribution in [2.45, 2.75) is 6.42 Å². The van der Waals surface area contributed by atoms with Crippen molar-refractivity contribution < 1.29 is 27.8 Å². The minimum Gasteiger partial charge on any atom is -0.503 e. The molecule has 19 heavy (non-hydrogen) atoms. The SMILES string of the molecule is Oc1c(F)ccc(Cc2ccc(F)c(O)c2F)c1F. The Morgan fingerprint density at radius 3 is 1.42 bits per heavy atom. The molecule has 2 N–H and O–H groups in total. The Hall–Kier alpha value is -2.24. The summed E-state index contributed by atoms with van der Waals surface area (Å²) in [6, 6.07) is 3.72. The summed E-state index contributed by atoms with van der Waals surface area (Å²) in [7, 11) is 0. The number of halogens is 4. The molecule has 0 aliphatic carbocycles. The van der Waals surface area contributed by atoms with Crippen LogP contribution in [0.2, 0.25) is 0 Å². The second-order valence-corrected chi connectivity index (χ2v) is 3.91. The summed E-state index contributed by atoms with van der Waals surface area (Å²) in [6.45, 7) is 0. The van der Waals surface area contributed by atoms with E-state index in [4.69, 9.17) is 10.2 Å². The second-order valence-electron chi connectivity index (χ2n) is 3.91. The highest BCUT2D eigenvalue weighted by molar-refractivity contribution is 5.38. The topological polar surface area (TPSA) is 40.5 Å². The lowest BCUT2D eigenvalue weighted by molar-refractivity contribution is 0.390. The molecular weight excluding hydrogens is 264 g/mol. The lowest BCUT2D eigenvalue weighted by Crippen LogP contribution is -1.98. The van der Waals surface area contributed by atoms with Gasteiger partial charge in [0.1, 0.15) is 0 Å². The van der Waals surface area contributed by atoms with Gasteiger partial charge in [-0.05, 0) is 23.3 Å². The van der Waals surface area contributed by atoms with Crippen molar-refractivity contribution in [3.63, 3.8) is 0 Å². The van der Waals surface area contributed by atoms with Crippen molar-refractivity contribution in [3.8, 4) is 11.5 Å². The number of rotatable bonds is 2.